The maximum absolute atomic E-state index is 12.6. The number of amides is 2. The monoisotopic (exact) mass is 438 g/mol. The zero-order chi connectivity index (χ0) is 22.9. The highest BCUT2D eigenvalue weighted by Gasteiger charge is 2.26. The van der Waals surface area contributed by atoms with Gasteiger partial charge in [-0.25, -0.2) is 4.79 Å². The van der Waals surface area contributed by atoms with Crippen LogP contribution in [0.1, 0.15) is 25.3 Å². The van der Waals surface area contributed by atoms with Crippen molar-refractivity contribution in [3.63, 3.8) is 0 Å². The van der Waals surface area contributed by atoms with E-state index in [1.54, 1.807) is 0 Å². The Morgan fingerprint density at radius 2 is 1.81 bits per heavy atom. The van der Waals surface area contributed by atoms with Gasteiger partial charge in [0.05, 0.1) is 0 Å². The molecule has 170 valence electrons. The van der Waals surface area contributed by atoms with Crippen molar-refractivity contribution in [1.82, 2.24) is 10.6 Å². The lowest BCUT2D eigenvalue weighted by Crippen LogP contribution is -2.49. The minimum atomic E-state index is -0.838. The largest absolute Gasteiger partial charge is 0.445 e. The first kappa shape index (κ1) is 23.1. The highest BCUT2D eigenvalue weighted by atomic mass is 16.5. The SMILES string of the molecule is CC(=O)[C@H](CNC(=O)C1CCN(c2cccc(N)c2)CC1)NC(=O)OCc1ccccc1. The van der Waals surface area contributed by atoms with Gasteiger partial charge in [-0.1, -0.05) is 36.4 Å². The molecule has 8 nitrogen and oxygen atoms in total. The Labute approximate surface area is 188 Å². The molecule has 2 aromatic carbocycles. The highest BCUT2D eigenvalue weighted by Crippen LogP contribution is 2.24. The summed E-state index contributed by atoms with van der Waals surface area (Å²) in [6, 6.07) is 16.1. The third-order valence-corrected chi connectivity index (χ3v) is 5.58. The van der Waals surface area contributed by atoms with E-state index in [2.05, 4.69) is 15.5 Å². The molecule has 1 heterocycles. The smallest absolute Gasteiger partial charge is 0.408 e. The topological polar surface area (TPSA) is 114 Å². The van der Waals surface area contributed by atoms with Crippen LogP contribution in [-0.2, 0) is 20.9 Å². The first-order valence-corrected chi connectivity index (χ1v) is 10.8. The van der Waals surface area contributed by atoms with Gasteiger partial charge in [0.1, 0.15) is 12.6 Å². The van der Waals surface area contributed by atoms with Crippen molar-refractivity contribution in [2.45, 2.75) is 32.4 Å². The summed E-state index contributed by atoms with van der Waals surface area (Å²) in [4.78, 5) is 38.8. The number of alkyl carbamates (subject to hydrolysis) is 1. The van der Waals surface area contributed by atoms with E-state index < -0.39 is 12.1 Å². The summed E-state index contributed by atoms with van der Waals surface area (Å²) in [5.41, 5.74) is 8.48. The number of anilines is 2. The predicted molar refractivity (Wildman–Crippen MR) is 123 cm³/mol. The summed E-state index contributed by atoms with van der Waals surface area (Å²) < 4.78 is 5.16. The number of ketones is 1. The molecule has 32 heavy (non-hydrogen) atoms. The summed E-state index contributed by atoms with van der Waals surface area (Å²) in [5, 5.41) is 5.34. The minimum Gasteiger partial charge on any atom is -0.445 e. The molecule has 4 N–H and O–H groups in total. The van der Waals surface area contributed by atoms with Crippen LogP contribution in [-0.4, -0.2) is 43.5 Å². The fourth-order valence-corrected chi connectivity index (χ4v) is 3.67. The molecule has 0 radical (unpaired) electrons. The summed E-state index contributed by atoms with van der Waals surface area (Å²) in [6.07, 6.45) is 0.717. The number of nitrogen functional groups attached to an aromatic ring is 1. The molecule has 0 spiro atoms. The standard InChI is InChI=1S/C24H30N4O4/c1-17(29)22(27-24(31)32-16-18-6-3-2-4-7-18)15-26-23(30)19-10-12-28(13-11-19)21-9-5-8-20(25)14-21/h2-9,14,19,22H,10-13,15-16,25H2,1H3,(H,26,30)(H,27,31)/t22-/m0/s1. The van der Waals surface area contributed by atoms with E-state index in [9.17, 15) is 14.4 Å². The number of piperidine rings is 1. The molecule has 0 unspecified atom stereocenters. The highest BCUT2D eigenvalue weighted by molar-refractivity contribution is 5.87. The van der Waals surface area contributed by atoms with Gasteiger partial charge in [-0.15, -0.1) is 0 Å². The fourth-order valence-electron chi connectivity index (χ4n) is 3.67. The third kappa shape index (κ3) is 6.73. The molecule has 0 bridgehead atoms. The van der Waals surface area contributed by atoms with E-state index in [-0.39, 0.29) is 30.8 Å². The molecule has 1 aliphatic heterocycles. The number of benzene rings is 2. The summed E-state index contributed by atoms with van der Waals surface area (Å²) in [5.74, 6) is -0.494. The molecule has 1 atom stereocenters. The second kappa shape index (κ2) is 11.2. The van der Waals surface area contributed by atoms with Crippen LogP contribution < -0.4 is 21.3 Å². The van der Waals surface area contributed by atoms with Crippen LogP contribution in [0.25, 0.3) is 0 Å². The van der Waals surface area contributed by atoms with Crippen molar-refractivity contribution in [2.75, 3.05) is 30.3 Å². The average molecular weight is 439 g/mol. The number of carbonyl (C=O) groups is 3. The molecule has 2 aromatic rings. The lowest BCUT2D eigenvalue weighted by molar-refractivity contribution is -0.126. The molecule has 0 aliphatic carbocycles. The van der Waals surface area contributed by atoms with Crippen molar-refractivity contribution in [3.05, 3.63) is 60.2 Å². The predicted octanol–water partition coefficient (Wildman–Crippen LogP) is 2.49. The normalized spacial score (nSPS) is 15.0. The van der Waals surface area contributed by atoms with Crippen LogP contribution in [0.4, 0.5) is 16.2 Å². The molecule has 3 rings (SSSR count). The van der Waals surface area contributed by atoms with Crippen molar-refractivity contribution in [2.24, 2.45) is 5.92 Å². The fraction of sp³-hybridized carbons (Fsp3) is 0.375. The van der Waals surface area contributed by atoms with Crippen molar-refractivity contribution in [1.29, 1.82) is 0 Å². The number of ether oxygens (including phenoxy) is 1. The number of hydrogen-bond donors (Lipinski definition) is 3. The van der Waals surface area contributed by atoms with Gasteiger partial charge in [-0.05, 0) is 43.5 Å². The van der Waals surface area contributed by atoms with E-state index in [0.717, 1.165) is 24.3 Å². The Morgan fingerprint density at radius 3 is 2.47 bits per heavy atom. The Kier molecular flexibility index (Phi) is 8.08. The van der Waals surface area contributed by atoms with Gasteiger partial charge < -0.3 is 26.0 Å². The molecule has 0 aromatic heterocycles. The van der Waals surface area contributed by atoms with Gasteiger partial charge in [-0.3, -0.25) is 9.59 Å². The van der Waals surface area contributed by atoms with Gasteiger partial charge in [-0.2, -0.15) is 0 Å². The molecule has 0 saturated carbocycles. The summed E-state index contributed by atoms with van der Waals surface area (Å²) in [6.45, 7) is 3.02. The van der Waals surface area contributed by atoms with E-state index >= 15 is 0 Å². The average Bonchev–Trinajstić information content (AvgIpc) is 2.81. The number of carbonyl (C=O) groups excluding carboxylic acids is 3. The van der Waals surface area contributed by atoms with Gasteiger partial charge >= 0.3 is 6.09 Å². The minimum absolute atomic E-state index is 0.0318. The van der Waals surface area contributed by atoms with Gasteiger partial charge in [0, 0.05) is 36.9 Å². The number of nitrogens with one attached hydrogen (secondary N) is 2. The van der Waals surface area contributed by atoms with Gasteiger partial charge in [0.2, 0.25) is 5.91 Å². The molecule has 8 heteroatoms. The first-order valence-electron chi connectivity index (χ1n) is 10.8. The Morgan fingerprint density at radius 1 is 1.09 bits per heavy atom. The maximum atomic E-state index is 12.6. The van der Waals surface area contributed by atoms with Crippen LogP contribution in [0.3, 0.4) is 0 Å². The lowest BCUT2D eigenvalue weighted by Gasteiger charge is -2.33. The van der Waals surface area contributed by atoms with E-state index in [4.69, 9.17) is 10.5 Å². The molecular weight excluding hydrogens is 408 g/mol. The van der Waals surface area contributed by atoms with Crippen LogP contribution in [0, 0.1) is 5.92 Å². The van der Waals surface area contributed by atoms with E-state index in [1.807, 2.05) is 54.6 Å². The third-order valence-electron chi connectivity index (χ3n) is 5.58. The summed E-state index contributed by atoms with van der Waals surface area (Å²) >= 11 is 0. The van der Waals surface area contributed by atoms with Gasteiger partial charge in [0.25, 0.3) is 0 Å². The molecule has 1 aliphatic rings. The van der Waals surface area contributed by atoms with E-state index in [1.165, 1.54) is 6.92 Å². The Bertz CT molecular complexity index is 927. The summed E-state index contributed by atoms with van der Waals surface area (Å²) in [7, 11) is 0. The number of rotatable bonds is 8. The lowest BCUT2D eigenvalue weighted by atomic mass is 9.95. The second-order valence-corrected chi connectivity index (χ2v) is 7.97. The van der Waals surface area contributed by atoms with Crippen molar-refractivity contribution >= 4 is 29.2 Å². The zero-order valence-electron chi connectivity index (χ0n) is 18.3. The van der Waals surface area contributed by atoms with Crippen LogP contribution in [0.2, 0.25) is 0 Å². The van der Waals surface area contributed by atoms with Gasteiger partial charge in [0.15, 0.2) is 5.78 Å². The molecular formula is C24H30N4O4. The van der Waals surface area contributed by atoms with E-state index in [0.29, 0.717) is 18.5 Å². The van der Waals surface area contributed by atoms with Crippen molar-refractivity contribution < 1.29 is 19.1 Å². The number of hydrogen-bond acceptors (Lipinski definition) is 6. The van der Waals surface area contributed by atoms with Crippen LogP contribution in [0.5, 0.6) is 0 Å². The quantitative estimate of drug-likeness (QED) is 0.546. The van der Waals surface area contributed by atoms with Crippen LogP contribution in [0.15, 0.2) is 54.6 Å². The number of nitrogens with two attached hydrogens (primary N) is 1. The Hall–Kier alpha value is -3.55. The molecule has 2 amide bonds. The molecule has 1 fully saturated rings. The Balaban J connectivity index is 1.42. The zero-order valence-corrected chi connectivity index (χ0v) is 18.3. The maximum Gasteiger partial charge on any atom is 0.408 e. The number of nitrogens with zero attached hydrogens (tertiary/aromatic N) is 1. The van der Waals surface area contributed by atoms with Crippen LogP contribution >= 0.6 is 0 Å². The molecule has 1 saturated heterocycles. The second-order valence-electron chi connectivity index (χ2n) is 7.97. The van der Waals surface area contributed by atoms with Crippen molar-refractivity contribution in [3.8, 4) is 0 Å². The first-order chi connectivity index (χ1) is 15.4. The number of Topliss-reactive ketones (excluding diaryl/α,β-unsaturated/α-hetero) is 1.